The summed E-state index contributed by atoms with van der Waals surface area (Å²) in [7, 11) is 1.53. The van der Waals surface area contributed by atoms with Crippen molar-refractivity contribution in [3.63, 3.8) is 0 Å². The van der Waals surface area contributed by atoms with Gasteiger partial charge in [-0.3, -0.25) is 9.59 Å². The Hall–Kier alpha value is -2.57. The normalized spacial score (nSPS) is 13.2. The molecule has 0 heterocycles. The molecule has 0 radical (unpaired) electrons. The van der Waals surface area contributed by atoms with Gasteiger partial charge < -0.3 is 20.6 Å². The number of hydrogen-bond acceptors (Lipinski definition) is 3. The van der Waals surface area contributed by atoms with Crippen LogP contribution in [-0.2, 0) is 4.79 Å². The van der Waals surface area contributed by atoms with E-state index in [9.17, 15) is 14.4 Å². The molecule has 0 saturated heterocycles. The summed E-state index contributed by atoms with van der Waals surface area (Å²) < 4.78 is 0. The van der Waals surface area contributed by atoms with Crippen LogP contribution in [0.5, 0.6) is 0 Å². The summed E-state index contributed by atoms with van der Waals surface area (Å²) in [5.41, 5.74) is 1.86. The van der Waals surface area contributed by atoms with E-state index in [-0.39, 0.29) is 18.9 Å². The number of carbonyl (C=O) groups excluding carboxylic acids is 2. The third kappa shape index (κ3) is 5.26. The Balaban J connectivity index is 1.97. The van der Waals surface area contributed by atoms with Gasteiger partial charge in [-0.25, -0.2) is 4.79 Å². The zero-order valence-electron chi connectivity index (χ0n) is 14.0. The lowest BCUT2D eigenvalue weighted by Crippen LogP contribution is -2.33. The minimum atomic E-state index is -0.958. The second kappa shape index (κ2) is 7.81. The zero-order valence-corrected chi connectivity index (χ0v) is 14.0. The lowest BCUT2D eigenvalue weighted by Gasteiger charge is -2.18. The fourth-order valence-corrected chi connectivity index (χ4v) is 2.13. The van der Waals surface area contributed by atoms with Gasteiger partial charge in [0, 0.05) is 31.4 Å². The molecule has 0 atom stereocenters. The minimum absolute atomic E-state index is 0.113. The van der Waals surface area contributed by atoms with Crippen molar-refractivity contribution in [2.75, 3.05) is 25.5 Å². The Kier molecular flexibility index (Phi) is 5.78. The summed E-state index contributed by atoms with van der Waals surface area (Å²) in [5, 5.41) is 14.3. The van der Waals surface area contributed by atoms with Crippen molar-refractivity contribution in [3.05, 3.63) is 29.3 Å². The molecule has 0 aliphatic heterocycles. The van der Waals surface area contributed by atoms with Crippen LogP contribution in [0.4, 0.5) is 10.5 Å². The fourth-order valence-electron chi connectivity index (χ4n) is 2.13. The number of carboxylic acid groups (broad SMARTS) is 1. The summed E-state index contributed by atoms with van der Waals surface area (Å²) in [6, 6.07) is 4.73. The zero-order chi connectivity index (χ0) is 17.7. The van der Waals surface area contributed by atoms with Crippen molar-refractivity contribution in [2.45, 2.75) is 26.2 Å². The first-order valence-electron chi connectivity index (χ1n) is 7.99. The largest absolute Gasteiger partial charge is 0.481 e. The molecule has 24 heavy (non-hydrogen) atoms. The number of benzene rings is 1. The van der Waals surface area contributed by atoms with E-state index in [0.29, 0.717) is 23.7 Å². The van der Waals surface area contributed by atoms with Crippen molar-refractivity contribution < 1.29 is 19.5 Å². The molecule has 2 rings (SSSR count). The second-order valence-corrected chi connectivity index (χ2v) is 6.18. The number of hydrogen-bond donors (Lipinski definition) is 3. The molecule has 7 nitrogen and oxygen atoms in total. The topological polar surface area (TPSA) is 98.7 Å². The molecule has 1 saturated carbocycles. The van der Waals surface area contributed by atoms with Crippen LogP contribution in [0.3, 0.4) is 0 Å². The van der Waals surface area contributed by atoms with Gasteiger partial charge in [-0.15, -0.1) is 0 Å². The molecule has 0 bridgehead atoms. The van der Waals surface area contributed by atoms with Crippen molar-refractivity contribution in [1.29, 1.82) is 0 Å². The number of aliphatic carboxylic acids is 1. The molecule has 3 N–H and O–H groups in total. The second-order valence-electron chi connectivity index (χ2n) is 6.18. The summed E-state index contributed by atoms with van der Waals surface area (Å²) in [5.74, 6) is -0.516. The van der Waals surface area contributed by atoms with Gasteiger partial charge >= 0.3 is 12.0 Å². The Labute approximate surface area is 141 Å². The van der Waals surface area contributed by atoms with E-state index in [1.54, 1.807) is 18.2 Å². The number of urea groups is 1. The van der Waals surface area contributed by atoms with Gasteiger partial charge in [-0.1, -0.05) is 6.07 Å². The minimum Gasteiger partial charge on any atom is -0.481 e. The monoisotopic (exact) mass is 333 g/mol. The summed E-state index contributed by atoms with van der Waals surface area (Å²) >= 11 is 0. The molecule has 1 aliphatic rings. The number of anilines is 1. The van der Waals surface area contributed by atoms with Crippen LogP contribution in [0.25, 0.3) is 0 Å². The summed E-state index contributed by atoms with van der Waals surface area (Å²) in [6.07, 6.45) is 2.21. The molecule has 7 heteroatoms. The van der Waals surface area contributed by atoms with Crippen LogP contribution in [-0.4, -0.2) is 48.1 Å². The summed E-state index contributed by atoms with van der Waals surface area (Å²) in [6.45, 7) is 2.63. The molecule has 0 spiro atoms. The van der Waals surface area contributed by atoms with Crippen LogP contribution >= 0.6 is 0 Å². The van der Waals surface area contributed by atoms with E-state index in [0.717, 1.165) is 18.4 Å². The van der Waals surface area contributed by atoms with Crippen LogP contribution in [0.15, 0.2) is 18.2 Å². The number of aryl methyl sites for hydroxylation is 1. The highest BCUT2D eigenvalue weighted by Gasteiger charge is 2.22. The van der Waals surface area contributed by atoms with E-state index in [4.69, 9.17) is 5.11 Å². The molecule has 3 amide bonds. The van der Waals surface area contributed by atoms with Crippen molar-refractivity contribution in [1.82, 2.24) is 10.2 Å². The Bertz CT molecular complexity index is 641. The maximum Gasteiger partial charge on any atom is 0.321 e. The van der Waals surface area contributed by atoms with Gasteiger partial charge in [0.15, 0.2) is 0 Å². The SMILES string of the molecule is Cc1ccc(C(=O)NCC2CC2)cc1NC(=O)N(C)CCC(=O)O. The number of carboxylic acids is 1. The first-order chi connectivity index (χ1) is 11.4. The first kappa shape index (κ1) is 17.8. The Morgan fingerprint density at radius 2 is 2.00 bits per heavy atom. The van der Waals surface area contributed by atoms with Gasteiger partial charge in [-0.05, 0) is 43.4 Å². The number of carbonyl (C=O) groups is 3. The van der Waals surface area contributed by atoms with E-state index in [1.807, 2.05) is 6.92 Å². The van der Waals surface area contributed by atoms with Gasteiger partial charge in [-0.2, -0.15) is 0 Å². The highest BCUT2D eigenvalue weighted by atomic mass is 16.4. The molecule has 0 unspecified atom stereocenters. The molecular weight excluding hydrogens is 310 g/mol. The number of nitrogens with one attached hydrogen (secondary N) is 2. The maximum absolute atomic E-state index is 12.1. The van der Waals surface area contributed by atoms with Crippen molar-refractivity contribution >= 4 is 23.6 Å². The maximum atomic E-state index is 12.1. The number of amides is 3. The van der Waals surface area contributed by atoms with Crippen LogP contribution in [0, 0.1) is 12.8 Å². The number of nitrogens with zero attached hydrogens (tertiary/aromatic N) is 1. The quantitative estimate of drug-likeness (QED) is 0.711. The molecular formula is C17H23N3O4. The lowest BCUT2D eigenvalue weighted by molar-refractivity contribution is -0.137. The van der Waals surface area contributed by atoms with Crippen LogP contribution in [0.2, 0.25) is 0 Å². The van der Waals surface area contributed by atoms with E-state index >= 15 is 0 Å². The Morgan fingerprint density at radius 3 is 2.62 bits per heavy atom. The third-order valence-electron chi connectivity index (χ3n) is 4.00. The number of rotatable bonds is 7. The lowest BCUT2D eigenvalue weighted by atomic mass is 10.1. The van der Waals surface area contributed by atoms with E-state index in [1.165, 1.54) is 11.9 Å². The predicted molar refractivity (Wildman–Crippen MR) is 90.1 cm³/mol. The molecule has 1 fully saturated rings. The molecule has 130 valence electrons. The molecule has 1 aliphatic carbocycles. The van der Waals surface area contributed by atoms with Crippen LogP contribution in [0.1, 0.15) is 35.2 Å². The van der Waals surface area contributed by atoms with Crippen molar-refractivity contribution in [3.8, 4) is 0 Å². The third-order valence-corrected chi connectivity index (χ3v) is 4.00. The fraction of sp³-hybridized carbons (Fsp3) is 0.471. The standard InChI is InChI=1S/C17H23N3O4/c1-11-3-6-13(16(23)18-10-12-4-5-12)9-14(11)19-17(24)20(2)8-7-15(21)22/h3,6,9,12H,4-5,7-8,10H2,1-2H3,(H,18,23)(H,19,24)(H,21,22). The highest BCUT2D eigenvalue weighted by Crippen LogP contribution is 2.27. The smallest absolute Gasteiger partial charge is 0.321 e. The van der Waals surface area contributed by atoms with Gasteiger partial charge in [0.25, 0.3) is 5.91 Å². The van der Waals surface area contributed by atoms with E-state index in [2.05, 4.69) is 10.6 Å². The highest BCUT2D eigenvalue weighted by molar-refractivity contribution is 5.97. The average Bonchev–Trinajstić information content (AvgIpc) is 3.36. The molecule has 1 aromatic carbocycles. The molecule has 0 aromatic heterocycles. The van der Waals surface area contributed by atoms with Gasteiger partial charge in [0.05, 0.1) is 6.42 Å². The van der Waals surface area contributed by atoms with Gasteiger partial charge in [0.1, 0.15) is 0 Å². The molecule has 1 aromatic rings. The van der Waals surface area contributed by atoms with Crippen molar-refractivity contribution in [2.24, 2.45) is 5.92 Å². The first-order valence-corrected chi connectivity index (χ1v) is 7.99. The Morgan fingerprint density at radius 1 is 1.29 bits per heavy atom. The predicted octanol–water partition coefficient (Wildman–Crippen LogP) is 2.07. The van der Waals surface area contributed by atoms with Gasteiger partial charge in [0.2, 0.25) is 0 Å². The van der Waals surface area contributed by atoms with Crippen LogP contribution < -0.4 is 10.6 Å². The summed E-state index contributed by atoms with van der Waals surface area (Å²) in [4.78, 5) is 36.1. The van der Waals surface area contributed by atoms with E-state index < -0.39 is 12.0 Å². The average molecular weight is 333 g/mol.